The number of benzene rings is 1. The molecule has 0 aliphatic rings. The van der Waals surface area contributed by atoms with Gasteiger partial charge in [0.05, 0.1) is 12.3 Å². The van der Waals surface area contributed by atoms with Gasteiger partial charge in [0.25, 0.3) is 0 Å². The molecule has 19 heavy (non-hydrogen) atoms. The molecule has 0 spiro atoms. The number of carboxylic acids is 1. The molecule has 2 amide bonds. The molecule has 7 heteroatoms. The van der Waals surface area contributed by atoms with Crippen LogP contribution in [0.1, 0.15) is 5.56 Å². The Hall–Kier alpha value is -2.15. The number of halogens is 1. The molecular weight excluding hydrogens is 255 g/mol. The van der Waals surface area contributed by atoms with Crippen molar-refractivity contribution < 1.29 is 23.8 Å². The predicted octanol–water partition coefficient (Wildman–Crippen LogP) is 1.36. The Balaban J connectivity index is 2.69. The monoisotopic (exact) mass is 270 g/mol. The van der Waals surface area contributed by atoms with Crippen LogP contribution in [0.15, 0.2) is 18.2 Å². The van der Waals surface area contributed by atoms with Gasteiger partial charge in [-0.25, -0.2) is 14.0 Å². The van der Waals surface area contributed by atoms with E-state index in [9.17, 15) is 14.0 Å². The summed E-state index contributed by atoms with van der Waals surface area (Å²) in [6, 6.07) is 2.52. The van der Waals surface area contributed by atoms with E-state index in [1.807, 2.05) is 0 Å². The third-order valence-corrected chi connectivity index (χ3v) is 2.38. The molecule has 0 aliphatic carbocycles. The molecule has 0 radical (unpaired) electrons. The van der Waals surface area contributed by atoms with Crippen molar-refractivity contribution in [2.24, 2.45) is 0 Å². The number of urea groups is 1. The highest BCUT2D eigenvalue weighted by molar-refractivity contribution is 5.92. The fraction of sp³-hybridized carbons (Fsp3) is 0.333. The first kappa shape index (κ1) is 14.9. The number of aliphatic carboxylic acids is 1. The Bertz CT molecular complexity index is 479. The second kappa shape index (κ2) is 6.69. The van der Waals surface area contributed by atoms with Crippen LogP contribution in [-0.2, 0) is 9.53 Å². The van der Waals surface area contributed by atoms with E-state index < -0.39 is 23.9 Å². The van der Waals surface area contributed by atoms with Crippen molar-refractivity contribution in [2.75, 3.05) is 19.0 Å². The van der Waals surface area contributed by atoms with Crippen molar-refractivity contribution in [3.05, 3.63) is 29.6 Å². The number of hydrogen-bond donors (Lipinski definition) is 3. The maximum atomic E-state index is 13.6. The van der Waals surface area contributed by atoms with Gasteiger partial charge >= 0.3 is 12.0 Å². The van der Waals surface area contributed by atoms with Gasteiger partial charge in [0.2, 0.25) is 0 Å². The quantitative estimate of drug-likeness (QED) is 0.753. The molecule has 3 N–H and O–H groups in total. The van der Waals surface area contributed by atoms with E-state index in [2.05, 4.69) is 15.4 Å². The lowest BCUT2D eigenvalue weighted by atomic mass is 10.2. The second-order valence-electron chi connectivity index (χ2n) is 3.88. The Morgan fingerprint density at radius 3 is 2.74 bits per heavy atom. The van der Waals surface area contributed by atoms with Crippen LogP contribution in [0.2, 0.25) is 0 Å². The molecule has 0 saturated heterocycles. The van der Waals surface area contributed by atoms with E-state index >= 15 is 0 Å². The number of aryl methyl sites for hydroxylation is 1. The Morgan fingerprint density at radius 1 is 1.47 bits per heavy atom. The fourth-order valence-electron chi connectivity index (χ4n) is 1.40. The lowest BCUT2D eigenvalue weighted by Crippen LogP contribution is -2.45. The largest absolute Gasteiger partial charge is 0.480 e. The first-order valence-corrected chi connectivity index (χ1v) is 5.50. The highest BCUT2D eigenvalue weighted by atomic mass is 19.1. The van der Waals surface area contributed by atoms with E-state index in [1.54, 1.807) is 19.1 Å². The smallest absolute Gasteiger partial charge is 0.328 e. The lowest BCUT2D eigenvalue weighted by molar-refractivity contribution is -0.140. The molecule has 0 aromatic heterocycles. The normalized spacial score (nSPS) is 11.7. The predicted molar refractivity (Wildman–Crippen MR) is 66.6 cm³/mol. The second-order valence-corrected chi connectivity index (χ2v) is 3.88. The molecule has 0 saturated carbocycles. The zero-order valence-corrected chi connectivity index (χ0v) is 10.6. The molecule has 1 rings (SSSR count). The van der Waals surface area contributed by atoms with Crippen molar-refractivity contribution in [3.63, 3.8) is 0 Å². The highest BCUT2D eigenvalue weighted by Crippen LogP contribution is 2.16. The highest BCUT2D eigenvalue weighted by Gasteiger charge is 2.20. The number of carbonyl (C=O) groups is 2. The maximum Gasteiger partial charge on any atom is 0.328 e. The van der Waals surface area contributed by atoms with Gasteiger partial charge in [-0.3, -0.25) is 0 Å². The molecule has 0 heterocycles. The minimum absolute atomic E-state index is 0.0148. The zero-order chi connectivity index (χ0) is 14.4. The number of carboxylic acid groups (broad SMARTS) is 1. The van der Waals surface area contributed by atoms with Gasteiger partial charge in [0.15, 0.2) is 6.04 Å². The van der Waals surface area contributed by atoms with E-state index in [-0.39, 0.29) is 12.3 Å². The van der Waals surface area contributed by atoms with E-state index in [4.69, 9.17) is 5.11 Å². The summed E-state index contributed by atoms with van der Waals surface area (Å²) in [7, 11) is 1.32. The van der Waals surface area contributed by atoms with E-state index in [1.165, 1.54) is 13.2 Å². The van der Waals surface area contributed by atoms with Crippen molar-refractivity contribution in [1.82, 2.24) is 5.32 Å². The molecule has 0 bridgehead atoms. The molecular formula is C12H15FN2O4. The summed E-state index contributed by atoms with van der Waals surface area (Å²) in [6.45, 7) is 1.38. The van der Waals surface area contributed by atoms with Gasteiger partial charge < -0.3 is 20.5 Å². The van der Waals surface area contributed by atoms with Crippen LogP contribution >= 0.6 is 0 Å². The van der Waals surface area contributed by atoms with Crippen molar-refractivity contribution in [2.45, 2.75) is 13.0 Å². The van der Waals surface area contributed by atoms with Gasteiger partial charge in [0.1, 0.15) is 5.82 Å². The Kier molecular flexibility index (Phi) is 5.25. The number of anilines is 1. The fourth-order valence-corrected chi connectivity index (χ4v) is 1.40. The summed E-state index contributed by atoms with van der Waals surface area (Å²) < 4.78 is 18.3. The van der Waals surface area contributed by atoms with Crippen LogP contribution in [-0.4, -0.2) is 36.9 Å². The summed E-state index contributed by atoms with van der Waals surface area (Å²) in [5.74, 6) is -1.79. The number of amides is 2. The Morgan fingerprint density at radius 2 is 2.16 bits per heavy atom. The first-order valence-electron chi connectivity index (χ1n) is 5.50. The minimum atomic E-state index is -1.23. The van der Waals surface area contributed by atoms with Crippen LogP contribution in [0, 0.1) is 12.7 Å². The number of methoxy groups -OCH3 is 1. The van der Waals surface area contributed by atoms with Crippen LogP contribution in [0.3, 0.4) is 0 Å². The molecule has 6 nitrogen and oxygen atoms in total. The number of rotatable bonds is 5. The zero-order valence-electron chi connectivity index (χ0n) is 10.6. The van der Waals surface area contributed by atoms with Crippen LogP contribution < -0.4 is 10.6 Å². The molecule has 0 fully saturated rings. The lowest BCUT2D eigenvalue weighted by Gasteiger charge is -2.14. The number of nitrogens with one attached hydrogen (secondary N) is 2. The topological polar surface area (TPSA) is 87.7 Å². The standard InChI is InChI=1S/C12H15FN2O4/c1-7-4-3-5-8(10(7)13)14-12(18)15-9(6-19-2)11(16)17/h3-5,9H,6H2,1-2H3,(H,16,17)(H2,14,15,18). The summed E-state index contributed by atoms with van der Waals surface area (Å²) in [5, 5.41) is 13.2. The number of carbonyl (C=O) groups excluding carboxylic acids is 1. The van der Waals surface area contributed by atoms with Crippen molar-refractivity contribution in [1.29, 1.82) is 0 Å². The van der Waals surface area contributed by atoms with E-state index in [0.717, 1.165) is 0 Å². The van der Waals surface area contributed by atoms with Crippen LogP contribution in [0.4, 0.5) is 14.9 Å². The summed E-state index contributed by atoms with van der Waals surface area (Å²) in [4.78, 5) is 22.4. The van der Waals surface area contributed by atoms with Gasteiger partial charge in [-0.1, -0.05) is 12.1 Å². The van der Waals surface area contributed by atoms with E-state index in [0.29, 0.717) is 5.56 Å². The van der Waals surface area contributed by atoms with Crippen molar-refractivity contribution in [3.8, 4) is 0 Å². The van der Waals surface area contributed by atoms with Gasteiger partial charge in [-0.05, 0) is 18.6 Å². The third-order valence-electron chi connectivity index (χ3n) is 2.38. The molecule has 1 aromatic rings. The Labute approximate surface area is 109 Å². The molecule has 0 aliphatic heterocycles. The van der Waals surface area contributed by atoms with Crippen molar-refractivity contribution >= 4 is 17.7 Å². The summed E-state index contributed by atoms with van der Waals surface area (Å²) >= 11 is 0. The summed E-state index contributed by atoms with van der Waals surface area (Å²) in [5.41, 5.74) is 0.364. The number of hydrogen-bond acceptors (Lipinski definition) is 3. The molecule has 1 unspecified atom stereocenters. The summed E-state index contributed by atoms with van der Waals surface area (Å²) in [6.07, 6.45) is 0. The third kappa shape index (κ3) is 4.22. The molecule has 1 aromatic carbocycles. The molecule has 1 atom stereocenters. The first-order chi connectivity index (χ1) is 8.95. The van der Waals surface area contributed by atoms with Gasteiger partial charge in [-0.15, -0.1) is 0 Å². The van der Waals surface area contributed by atoms with Crippen LogP contribution in [0.5, 0.6) is 0 Å². The van der Waals surface area contributed by atoms with Crippen LogP contribution in [0.25, 0.3) is 0 Å². The SMILES string of the molecule is COCC(NC(=O)Nc1cccc(C)c1F)C(=O)O. The maximum absolute atomic E-state index is 13.6. The average Bonchev–Trinajstić information content (AvgIpc) is 2.34. The van der Waals surface area contributed by atoms with Gasteiger partial charge in [0, 0.05) is 7.11 Å². The van der Waals surface area contributed by atoms with Gasteiger partial charge in [-0.2, -0.15) is 0 Å². The molecule has 104 valence electrons. The minimum Gasteiger partial charge on any atom is -0.480 e. The number of ether oxygens (including phenoxy) is 1. The average molecular weight is 270 g/mol.